The molecule has 3 rings (SSSR count). The quantitative estimate of drug-likeness (QED) is 0.498. The fourth-order valence-electron chi connectivity index (χ4n) is 3.57. The summed E-state index contributed by atoms with van der Waals surface area (Å²) in [7, 11) is 1.45. The van der Waals surface area contributed by atoms with Crippen LogP contribution in [0.4, 0.5) is 13.2 Å². The van der Waals surface area contributed by atoms with Gasteiger partial charge >= 0.3 is 12.1 Å². The molecule has 0 saturated heterocycles. The average molecular weight is 449 g/mol. The number of alkyl halides is 3. The van der Waals surface area contributed by atoms with Gasteiger partial charge < -0.3 is 15.2 Å². The van der Waals surface area contributed by atoms with Crippen LogP contribution in [-0.4, -0.2) is 30.5 Å². The molecule has 2 N–H and O–H groups in total. The minimum atomic E-state index is -4.50. The van der Waals surface area contributed by atoms with E-state index < -0.39 is 23.6 Å². The molecule has 0 spiro atoms. The van der Waals surface area contributed by atoms with E-state index in [-0.39, 0.29) is 18.2 Å². The number of hydrogen-bond acceptors (Lipinski definition) is 4. The number of ketones is 1. The van der Waals surface area contributed by atoms with Gasteiger partial charge in [0.1, 0.15) is 11.5 Å². The Morgan fingerprint density at radius 1 is 1.16 bits per heavy atom. The van der Waals surface area contributed by atoms with Gasteiger partial charge in [0.2, 0.25) is 0 Å². The summed E-state index contributed by atoms with van der Waals surface area (Å²) in [5.41, 5.74) is 1.15. The molecule has 1 saturated carbocycles. The molecule has 0 heterocycles. The van der Waals surface area contributed by atoms with Gasteiger partial charge in [0, 0.05) is 31.0 Å². The molecule has 0 aromatic heterocycles. The van der Waals surface area contributed by atoms with E-state index in [2.05, 4.69) is 5.32 Å². The van der Waals surface area contributed by atoms with Gasteiger partial charge in [0.25, 0.3) is 0 Å². The Bertz CT molecular complexity index is 999. The lowest BCUT2D eigenvalue weighted by Gasteiger charge is -2.18. The minimum Gasteiger partial charge on any atom is -0.496 e. The number of benzene rings is 2. The second-order valence-corrected chi connectivity index (χ2v) is 8.06. The first-order valence-corrected chi connectivity index (χ1v) is 10.5. The summed E-state index contributed by atoms with van der Waals surface area (Å²) in [6, 6.07) is 8.35. The Morgan fingerprint density at radius 3 is 2.47 bits per heavy atom. The third kappa shape index (κ3) is 5.68. The molecule has 172 valence electrons. The van der Waals surface area contributed by atoms with Crippen LogP contribution in [0.2, 0.25) is 0 Å². The lowest BCUT2D eigenvalue weighted by molar-refractivity contribution is -0.139. The third-order valence-corrected chi connectivity index (χ3v) is 5.71. The van der Waals surface area contributed by atoms with Crippen LogP contribution in [0.15, 0.2) is 36.4 Å². The SMILES string of the molecule is COc1ccc([C@@H](C)C(=O)O)cc1-c1ccc(C(F)(F)F)cc1CNCCC(=O)C1CC1. The molecule has 32 heavy (non-hydrogen) atoms. The lowest BCUT2D eigenvalue weighted by Crippen LogP contribution is -2.19. The smallest absolute Gasteiger partial charge is 0.416 e. The van der Waals surface area contributed by atoms with Crippen LogP contribution in [-0.2, 0) is 22.3 Å². The number of carbonyl (C=O) groups excluding carboxylic acids is 1. The number of ether oxygens (including phenoxy) is 1. The van der Waals surface area contributed by atoms with Crippen LogP contribution >= 0.6 is 0 Å². The molecule has 0 bridgehead atoms. The van der Waals surface area contributed by atoms with Gasteiger partial charge in [-0.05, 0) is 60.7 Å². The Morgan fingerprint density at radius 2 is 1.88 bits per heavy atom. The third-order valence-electron chi connectivity index (χ3n) is 5.71. The van der Waals surface area contributed by atoms with E-state index in [0.717, 1.165) is 25.0 Å². The molecule has 1 fully saturated rings. The molecule has 5 nitrogen and oxygen atoms in total. The van der Waals surface area contributed by atoms with Crippen molar-refractivity contribution in [3.05, 3.63) is 53.1 Å². The summed E-state index contributed by atoms with van der Waals surface area (Å²) < 4.78 is 45.4. The first kappa shape index (κ1) is 23.8. The van der Waals surface area contributed by atoms with Crippen molar-refractivity contribution in [3.63, 3.8) is 0 Å². The van der Waals surface area contributed by atoms with Gasteiger partial charge in [0.15, 0.2) is 0 Å². The Balaban J connectivity index is 1.94. The number of aliphatic carboxylic acids is 1. The highest BCUT2D eigenvalue weighted by Crippen LogP contribution is 2.38. The maximum absolute atomic E-state index is 13.3. The molecule has 2 aromatic carbocycles. The van der Waals surface area contributed by atoms with E-state index in [1.165, 1.54) is 13.2 Å². The van der Waals surface area contributed by atoms with E-state index in [1.807, 2.05) is 0 Å². The fourth-order valence-corrected chi connectivity index (χ4v) is 3.57. The predicted octanol–water partition coefficient (Wildman–Crippen LogP) is 5.03. The van der Waals surface area contributed by atoms with E-state index in [1.54, 1.807) is 25.1 Å². The van der Waals surface area contributed by atoms with Crippen LogP contribution in [0.3, 0.4) is 0 Å². The van der Waals surface area contributed by atoms with Gasteiger partial charge in [-0.15, -0.1) is 0 Å². The zero-order valence-electron chi connectivity index (χ0n) is 18.0. The van der Waals surface area contributed by atoms with Crippen molar-refractivity contribution < 1.29 is 32.6 Å². The Kier molecular flexibility index (Phi) is 7.23. The van der Waals surface area contributed by atoms with Gasteiger partial charge in [0.05, 0.1) is 18.6 Å². The molecule has 0 aliphatic heterocycles. The first-order chi connectivity index (χ1) is 15.1. The standard InChI is InChI=1S/C24H26F3NO4/c1-14(23(30)31)16-5-8-22(32-2)20(12-16)19-7-6-18(24(25,26)27)11-17(19)13-28-10-9-21(29)15-3-4-15/h5-8,11-12,14-15,28H,3-4,9-10,13H2,1-2H3,(H,30,31)/t14-/m1/s1. The highest BCUT2D eigenvalue weighted by Gasteiger charge is 2.31. The molecule has 1 aliphatic carbocycles. The molecule has 0 amide bonds. The van der Waals surface area contributed by atoms with Crippen LogP contribution in [0, 0.1) is 5.92 Å². The van der Waals surface area contributed by atoms with E-state index in [0.29, 0.717) is 41.0 Å². The van der Waals surface area contributed by atoms with Crippen molar-refractivity contribution in [1.82, 2.24) is 5.32 Å². The van der Waals surface area contributed by atoms with E-state index in [9.17, 15) is 27.9 Å². The monoisotopic (exact) mass is 449 g/mol. The Hall–Kier alpha value is -2.87. The highest BCUT2D eigenvalue weighted by molar-refractivity contribution is 5.83. The largest absolute Gasteiger partial charge is 0.496 e. The Labute approximate surface area is 184 Å². The van der Waals surface area contributed by atoms with Gasteiger partial charge in [-0.2, -0.15) is 13.2 Å². The molecule has 0 radical (unpaired) electrons. The van der Waals surface area contributed by atoms with Crippen LogP contribution in [0.1, 0.15) is 48.8 Å². The van der Waals surface area contributed by atoms with Gasteiger partial charge in [-0.25, -0.2) is 0 Å². The van der Waals surface area contributed by atoms with Gasteiger partial charge in [-0.3, -0.25) is 9.59 Å². The first-order valence-electron chi connectivity index (χ1n) is 10.5. The number of halogens is 3. The van der Waals surface area contributed by atoms with Crippen LogP contribution in [0.25, 0.3) is 11.1 Å². The molecule has 0 unspecified atom stereocenters. The predicted molar refractivity (Wildman–Crippen MR) is 114 cm³/mol. The number of rotatable bonds is 10. The van der Waals surface area contributed by atoms with Crippen molar-refractivity contribution in [2.45, 2.75) is 44.8 Å². The van der Waals surface area contributed by atoms with Gasteiger partial charge in [-0.1, -0.05) is 12.1 Å². The number of carboxylic acids is 1. The summed E-state index contributed by atoms with van der Waals surface area (Å²) in [5, 5.41) is 12.4. The normalized spacial score (nSPS) is 14.8. The maximum Gasteiger partial charge on any atom is 0.416 e. The zero-order valence-corrected chi connectivity index (χ0v) is 18.0. The van der Waals surface area contributed by atoms with Crippen LogP contribution in [0.5, 0.6) is 5.75 Å². The van der Waals surface area contributed by atoms with Crippen molar-refractivity contribution in [3.8, 4) is 16.9 Å². The number of hydrogen-bond donors (Lipinski definition) is 2. The summed E-state index contributed by atoms with van der Waals surface area (Å²) in [5.74, 6) is -1.04. The zero-order chi connectivity index (χ0) is 23.5. The summed E-state index contributed by atoms with van der Waals surface area (Å²) >= 11 is 0. The van der Waals surface area contributed by atoms with E-state index in [4.69, 9.17) is 4.74 Å². The number of nitrogens with one attached hydrogen (secondary N) is 1. The van der Waals surface area contributed by atoms with Crippen LogP contribution < -0.4 is 10.1 Å². The number of carboxylic acid groups (broad SMARTS) is 1. The lowest BCUT2D eigenvalue weighted by atomic mass is 9.92. The van der Waals surface area contributed by atoms with Crippen molar-refractivity contribution in [1.29, 1.82) is 0 Å². The number of Topliss-reactive ketones (excluding diaryl/α,β-unsaturated/α-hetero) is 1. The highest BCUT2D eigenvalue weighted by atomic mass is 19.4. The topological polar surface area (TPSA) is 75.6 Å². The molecular weight excluding hydrogens is 423 g/mol. The fraction of sp³-hybridized carbons (Fsp3) is 0.417. The summed E-state index contributed by atoms with van der Waals surface area (Å²) in [6.07, 6.45) is -2.32. The number of carbonyl (C=O) groups is 2. The van der Waals surface area contributed by atoms with Crippen molar-refractivity contribution in [2.24, 2.45) is 5.92 Å². The van der Waals surface area contributed by atoms with Crippen molar-refractivity contribution in [2.75, 3.05) is 13.7 Å². The molecular formula is C24H26F3NO4. The minimum absolute atomic E-state index is 0.124. The molecule has 1 atom stereocenters. The maximum atomic E-state index is 13.3. The molecule has 8 heteroatoms. The second kappa shape index (κ2) is 9.73. The average Bonchev–Trinajstić information content (AvgIpc) is 3.60. The molecule has 2 aromatic rings. The van der Waals surface area contributed by atoms with E-state index >= 15 is 0 Å². The summed E-state index contributed by atoms with van der Waals surface area (Å²) in [6.45, 7) is 2.04. The molecule has 1 aliphatic rings. The number of methoxy groups -OCH3 is 1. The second-order valence-electron chi connectivity index (χ2n) is 8.06. The van der Waals surface area contributed by atoms with Crippen molar-refractivity contribution >= 4 is 11.8 Å². The summed E-state index contributed by atoms with van der Waals surface area (Å²) in [4.78, 5) is 23.3.